The summed E-state index contributed by atoms with van der Waals surface area (Å²) in [6.07, 6.45) is 4.41. The fraction of sp³-hybridized carbons (Fsp3) is 0.769. The molecule has 6 heteroatoms. The highest BCUT2D eigenvalue weighted by Crippen LogP contribution is 2.12. The molecule has 3 N–H and O–H groups in total. The first-order valence-electron chi connectivity index (χ1n) is 7.01. The number of nitrogens with two attached hydrogens (primary N) is 1. The van der Waals surface area contributed by atoms with Crippen LogP contribution in [0.3, 0.4) is 0 Å². The molecule has 1 aromatic rings. The summed E-state index contributed by atoms with van der Waals surface area (Å²) in [5.41, 5.74) is 6.62. The molecule has 2 atom stereocenters. The number of hydrogen-bond donors (Lipinski definition) is 2. The molecule has 2 unspecified atom stereocenters. The minimum atomic E-state index is -0.370. The molecular formula is C13H25N5O. The van der Waals surface area contributed by atoms with Crippen LogP contribution in [-0.4, -0.2) is 26.9 Å². The van der Waals surface area contributed by atoms with Gasteiger partial charge in [0.25, 0.3) is 0 Å². The third-order valence-corrected chi connectivity index (χ3v) is 3.46. The summed E-state index contributed by atoms with van der Waals surface area (Å²) in [4.78, 5) is 12.1. The van der Waals surface area contributed by atoms with Gasteiger partial charge in [-0.1, -0.05) is 26.0 Å². The minimum absolute atomic E-state index is 0.0322. The Morgan fingerprint density at radius 3 is 2.53 bits per heavy atom. The van der Waals surface area contributed by atoms with Crippen molar-refractivity contribution in [2.45, 2.75) is 65.1 Å². The third kappa shape index (κ3) is 4.02. The van der Waals surface area contributed by atoms with Crippen LogP contribution in [0, 0.1) is 0 Å². The molecule has 0 fully saturated rings. The second-order valence-electron chi connectivity index (χ2n) is 4.84. The summed E-state index contributed by atoms with van der Waals surface area (Å²) < 4.78 is 1.57. The molecule has 0 saturated carbocycles. The Labute approximate surface area is 114 Å². The number of rotatable bonds is 7. The molecule has 0 saturated heterocycles. The van der Waals surface area contributed by atoms with Crippen molar-refractivity contribution in [1.29, 1.82) is 0 Å². The normalized spacial score (nSPS) is 14.4. The maximum Gasteiger partial charge on any atom is 0.244 e. The van der Waals surface area contributed by atoms with Gasteiger partial charge >= 0.3 is 0 Å². The van der Waals surface area contributed by atoms with E-state index in [0.717, 1.165) is 25.0 Å². The number of hydrogen-bond acceptors (Lipinski definition) is 4. The van der Waals surface area contributed by atoms with Crippen LogP contribution >= 0.6 is 0 Å². The van der Waals surface area contributed by atoms with Crippen LogP contribution < -0.4 is 11.1 Å². The summed E-state index contributed by atoms with van der Waals surface area (Å²) >= 11 is 0. The van der Waals surface area contributed by atoms with E-state index >= 15 is 0 Å². The highest BCUT2D eigenvalue weighted by Gasteiger charge is 2.19. The Bertz CT molecular complexity index is 399. The quantitative estimate of drug-likeness (QED) is 0.785. The lowest BCUT2D eigenvalue weighted by Gasteiger charge is -2.18. The van der Waals surface area contributed by atoms with E-state index in [1.807, 2.05) is 13.8 Å². The van der Waals surface area contributed by atoms with Crippen molar-refractivity contribution < 1.29 is 4.79 Å². The van der Waals surface area contributed by atoms with E-state index in [4.69, 9.17) is 5.73 Å². The van der Waals surface area contributed by atoms with Gasteiger partial charge in [0.15, 0.2) is 0 Å². The second kappa shape index (κ2) is 7.23. The van der Waals surface area contributed by atoms with Crippen molar-refractivity contribution >= 4 is 5.91 Å². The predicted molar refractivity (Wildman–Crippen MR) is 74.5 cm³/mol. The number of nitrogens with one attached hydrogen (secondary N) is 1. The average molecular weight is 267 g/mol. The van der Waals surface area contributed by atoms with Gasteiger partial charge in [-0.15, -0.1) is 5.10 Å². The molecule has 1 rings (SSSR count). The first-order valence-corrected chi connectivity index (χ1v) is 7.01. The molecule has 1 heterocycles. The Hall–Kier alpha value is -1.43. The standard InChI is InChI=1S/C13H25N5O/c1-5-10(6-2)15-13(19)9(4)18-8-12(16-17-18)11(14)7-3/h8-11H,5-7,14H2,1-4H3,(H,15,19). The SMILES string of the molecule is CCC(CC)NC(=O)C(C)n1cc(C(N)CC)nn1. The first-order chi connectivity index (χ1) is 9.03. The smallest absolute Gasteiger partial charge is 0.244 e. The largest absolute Gasteiger partial charge is 0.352 e. The van der Waals surface area contributed by atoms with Gasteiger partial charge in [-0.25, -0.2) is 4.68 Å². The van der Waals surface area contributed by atoms with E-state index in [-0.39, 0.29) is 24.0 Å². The molecule has 0 aromatic carbocycles. The van der Waals surface area contributed by atoms with Gasteiger partial charge in [0.1, 0.15) is 6.04 Å². The highest BCUT2D eigenvalue weighted by molar-refractivity contribution is 5.80. The molecule has 108 valence electrons. The van der Waals surface area contributed by atoms with Gasteiger partial charge in [0.05, 0.1) is 17.9 Å². The van der Waals surface area contributed by atoms with Crippen molar-refractivity contribution in [3.63, 3.8) is 0 Å². The molecule has 0 aliphatic rings. The Kier molecular flexibility index (Phi) is 5.95. The number of amides is 1. The predicted octanol–water partition coefficient (Wildman–Crippen LogP) is 1.55. The molecule has 0 spiro atoms. The van der Waals surface area contributed by atoms with E-state index in [0.29, 0.717) is 0 Å². The van der Waals surface area contributed by atoms with Crippen LogP contribution in [0.1, 0.15) is 64.7 Å². The maximum atomic E-state index is 12.1. The Morgan fingerprint density at radius 1 is 1.37 bits per heavy atom. The zero-order valence-electron chi connectivity index (χ0n) is 12.3. The van der Waals surface area contributed by atoms with Gasteiger partial charge in [-0.2, -0.15) is 0 Å². The van der Waals surface area contributed by atoms with Gasteiger partial charge in [0, 0.05) is 6.04 Å². The van der Waals surface area contributed by atoms with Gasteiger partial charge < -0.3 is 11.1 Å². The lowest BCUT2D eigenvalue weighted by Crippen LogP contribution is -2.38. The number of aromatic nitrogens is 3. The summed E-state index contributed by atoms with van der Waals surface area (Å²) in [6, 6.07) is -0.273. The molecule has 0 aliphatic carbocycles. The minimum Gasteiger partial charge on any atom is -0.352 e. The number of carbonyl (C=O) groups excluding carboxylic acids is 1. The molecule has 0 aliphatic heterocycles. The maximum absolute atomic E-state index is 12.1. The molecule has 1 aromatic heterocycles. The van der Waals surface area contributed by atoms with Gasteiger partial charge in [0.2, 0.25) is 5.91 Å². The summed E-state index contributed by atoms with van der Waals surface area (Å²) in [5.74, 6) is -0.0322. The van der Waals surface area contributed by atoms with E-state index < -0.39 is 0 Å². The molecule has 19 heavy (non-hydrogen) atoms. The highest BCUT2D eigenvalue weighted by atomic mass is 16.2. The van der Waals surface area contributed by atoms with Crippen LogP contribution in [0.2, 0.25) is 0 Å². The van der Waals surface area contributed by atoms with E-state index in [1.165, 1.54) is 0 Å². The lowest BCUT2D eigenvalue weighted by atomic mass is 10.1. The second-order valence-corrected chi connectivity index (χ2v) is 4.84. The van der Waals surface area contributed by atoms with E-state index in [1.54, 1.807) is 10.9 Å². The summed E-state index contributed by atoms with van der Waals surface area (Å²) in [5, 5.41) is 11.0. The van der Waals surface area contributed by atoms with Crippen LogP contribution in [-0.2, 0) is 4.79 Å². The number of carbonyl (C=O) groups is 1. The molecule has 0 radical (unpaired) electrons. The summed E-state index contributed by atoms with van der Waals surface area (Å²) in [7, 11) is 0. The van der Waals surface area contributed by atoms with Crippen LogP contribution in [0.25, 0.3) is 0 Å². The Morgan fingerprint density at radius 2 is 2.00 bits per heavy atom. The molecule has 0 bridgehead atoms. The monoisotopic (exact) mass is 267 g/mol. The van der Waals surface area contributed by atoms with Gasteiger partial charge in [-0.05, 0) is 26.2 Å². The fourth-order valence-electron chi connectivity index (χ4n) is 1.79. The number of nitrogens with zero attached hydrogens (tertiary/aromatic N) is 3. The summed E-state index contributed by atoms with van der Waals surface area (Å²) in [6.45, 7) is 7.93. The van der Waals surface area contributed by atoms with Crippen molar-refractivity contribution in [2.24, 2.45) is 5.73 Å². The lowest BCUT2D eigenvalue weighted by molar-refractivity contribution is -0.124. The van der Waals surface area contributed by atoms with Crippen molar-refractivity contribution in [2.75, 3.05) is 0 Å². The van der Waals surface area contributed by atoms with Crippen LogP contribution in [0.4, 0.5) is 0 Å². The average Bonchev–Trinajstić information content (AvgIpc) is 2.92. The van der Waals surface area contributed by atoms with Crippen LogP contribution in [0.15, 0.2) is 6.20 Å². The topological polar surface area (TPSA) is 85.8 Å². The van der Waals surface area contributed by atoms with Crippen molar-refractivity contribution in [3.8, 4) is 0 Å². The molecule has 1 amide bonds. The third-order valence-electron chi connectivity index (χ3n) is 3.46. The van der Waals surface area contributed by atoms with E-state index in [9.17, 15) is 4.79 Å². The van der Waals surface area contributed by atoms with Crippen LogP contribution in [0.5, 0.6) is 0 Å². The molecular weight excluding hydrogens is 242 g/mol. The first kappa shape index (κ1) is 15.6. The van der Waals surface area contributed by atoms with Gasteiger partial charge in [-0.3, -0.25) is 4.79 Å². The van der Waals surface area contributed by atoms with Crippen molar-refractivity contribution in [1.82, 2.24) is 20.3 Å². The molecule has 6 nitrogen and oxygen atoms in total. The van der Waals surface area contributed by atoms with E-state index in [2.05, 4.69) is 29.5 Å². The zero-order valence-corrected chi connectivity index (χ0v) is 12.3. The Balaban J connectivity index is 2.69. The van der Waals surface area contributed by atoms with Crippen molar-refractivity contribution in [3.05, 3.63) is 11.9 Å². The zero-order chi connectivity index (χ0) is 14.4. The fourth-order valence-corrected chi connectivity index (χ4v) is 1.79.